The summed E-state index contributed by atoms with van der Waals surface area (Å²) in [5, 5.41) is 0. The van der Waals surface area contributed by atoms with Crippen molar-refractivity contribution < 1.29 is 9.47 Å². The molecule has 3 nitrogen and oxygen atoms in total. The summed E-state index contributed by atoms with van der Waals surface area (Å²) in [6.45, 7) is 7.08. The third-order valence-corrected chi connectivity index (χ3v) is 2.44. The lowest BCUT2D eigenvalue weighted by atomic mass is 10.1. The van der Waals surface area contributed by atoms with Gasteiger partial charge in [-0.25, -0.2) is 0 Å². The van der Waals surface area contributed by atoms with Gasteiger partial charge in [-0.2, -0.15) is 0 Å². The number of benzene rings is 1. The molecule has 1 aliphatic rings. The van der Waals surface area contributed by atoms with Crippen LogP contribution in [-0.2, 0) is 0 Å². The Morgan fingerprint density at radius 3 is 2.60 bits per heavy atom. The van der Waals surface area contributed by atoms with Crippen molar-refractivity contribution in [1.82, 2.24) is 0 Å². The van der Waals surface area contributed by atoms with Gasteiger partial charge < -0.3 is 15.2 Å². The predicted molar refractivity (Wildman–Crippen MR) is 60.0 cm³/mol. The van der Waals surface area contributed by atoms with Crippen molar-refractivity contribution >= 4 is 5.70 Å². The van der Waals surface area contributed by atoms with E-state index in [9.17, 15) is 0 Å². The van der Waals surface area contributed by atoms with E-state index < -0.39 is 0 Å². The number of aryl methyl sites for hydroxylation is 1. The van der Waals surface area contributed by atoms with E-state index in [2.05, 4.69) is 6.58 Å². The summed E-state index contributed by atoms with van der Waals surface area (Å²) in [5.41, 5.74) is 8.12. The lowest BCUT2D eigenvalue weighted by Crippen LogP contribution is -2.01. The molecule has 0 bridgehead atoms. The van der Waals surface area contributed by atoms with Gasteiger partial charge in [0, 0.05) is 17.7 Å². The van der Waals surface area contributed by atoms with Crippen LogP contribution < -0.4 is 15.2 Å². The highest BCUT2D eigenvalue weighted by molar-refractivity contribution is 5.70. The van der Waals surface area contributed by atoms with Crippen LogP contribution in [0.5, 0.6) is 11.5 Å². The second kappa shape index (κ2) is 3.85. The lowest BCUT2D eigenvalue weighted by Gasteiger charge is -2.14. The van der Waals surface area contributed by atoms with Gasteiger partial charge in [-0.15, -0.1) is 0 Å². The number of rotatable bonds is 1. The molecule has 0 radical (unpaired) electrons. The molecule has 1 heterocycles. The zero-order valence-electron chi connectivity index (χ0n) is 8.88. The summed E-state index contributed by atoms with van der Waals surface area (Å²) in [7, 11) is 0. The molecule has 0 aromatic heterocycles. The standard InChI is InChI=1S/C12H15NO2/c1-8-4-5-10(9(2)13)12-11(8)14-6-3-7-15-12/h4-5H,2-3,6-7,13H2,1H3. The Bertz CT molecular complexity index is 399. The summed E-state index contributed by atoms with van der Waals surface area (Å²) < 4.78 is 11.3. The van der Waals surface area contributed by atoms with E-state index >= 15 is 0 Å². The molecule has 1 aromatic carbocycles. The SMILES string of the molecule is C=C(N)c1ccc(C)c2c1OCCCO2. The molecular weight excluding hydrogens is 190 g/mol. The largest absolute Gasteiger partial charge is 0.489 e. The fraction of sp³-hybridized carbons (Fsp3) is 0.333. The number of hydrogen-bond acceptors (Lipinski definition) is 3. The van der Waals surface area contributed by atoms with Gasteiger partial charge in [0.1, 0.15) is 0 Å². The van der Waals surface area contributed by atoms with Crippen LogP contribution in [0, 0.1) is 6.92 Å². The van der Waals surface area contributed by atoms with Gasteiger partial charge >= 0.3 is 0 Å². The molecule has 0 amide bonds. The first kappa shape index (κ1) is 9.90. The smallest absolute Gasteiger partial charge is 0.170 e. The summed E-state index contributed by atoms with van der Waals surface area (Å²) in [6, 6.07) is 3.89. The van der Waals surface area contributed by atoms with Gasteiger partial charge in [-0.05, 0) is 18.6 Å². The van der Waals surface area contributed by atoms with Crippen molar-refractivity contribution in [2.75, 3.05) is 13.2 Å². The van der Waals surface area contributed by atoms with Crippen molar-refractivity contribution in [2.24, 2.45) is 5.73 Å². The Morgan fingerprint density at radius 2 is 1.93 bits per heavy atom. The molecule has 2 rings (SSSR count). The van der Waals surface area contributed by atoms with E-state index in [1.165, 1.54) is 0 Å². The normalized spacial score (nSPS) is 14.5. The topological polar surface area (TPSA) is 44.5 Å². The van der Waals surface area contributed by atoms with E-state index in [0.717, 1.165) is 29.0 Å². The van der Waals surface area contributed by atoms with E-state index in [1.807, 2.05) is 19.1 Å². The Kier molecular flexibility index (Phi) is 2.54. The summed E-state index contributed by atoms with van der Waals surface area (Å²) in [4.78, 5) is 0. The van der Waals surface area contributed by atoms with Crippen LogP contribution in [0.4, 0.5) is 0 Å². The van der Waals surface area contributed by atoms with Gasteiger partial charge in [0.25, 0.3) is 0 Å². The van der Waals surface area contributed by atoms with Crippen LogP contribution in [0.15, 0.2) is 18.7 Å². The Hall–Kier alpha value is -1.64. The van der Waals surface area contributed by atoms with Crippen LogP contribution in [0.1, 0.15) is 17.5 Å². The van der Waals surface area contributed by atoms with Crippen LogP contribution in [0.2, 0.25) is 0 Å². The molecular formula is C12H15NO2. The van der Waals surface area contributed by atoms with E-state index in [-0.39, 0.29) is 0 Å². The van der Waals surface area contributed by atoms with E-state index in [4.69, 9.17) is 15.2 Å². The second-order valence-electron chi connectivity index (χ2n) is 3.66. The van der Waals surface area contributed by atoms with Crippen LogP contribution >= 0.6 is 0 Å². The Labute approximate surface area is 89.5 Å². The molecule has 1 aliphatic heterocycles. The molecule has 0 saturated carbocycles. The van der Waals surface area contributed by atoms with E-state index in [0.29, 0.717) is 18.9 Å². The van der Waals surface area contributed by atoms with Crippen LogP contribution in [0.3, 0.4) is 0 Å². The third-order valence-electron chi connectivity index (χ3n) is 2.44. The Balaban J connectivity index is 2.56. The molecule has 0 atom stereocenters. The maximum absolute atomic E-state index is 5.71. The zero-order valence-corrected chi connectivity index (χ0v) is 8.88. The predicted octanol–water partition coefficient (Wildman–Crippen LogP) is 2.09. The summed E-state index contributed by atoms with van der Waals surface area (Å²) in [6.07, 6.45) is 0.893. The maximum atomic E-state index is 5.71. The van der Waals surface area contributed by atoms with Crippen molar-refractivity contribution in [3.63, 3.8) is 0 Å². The maximum Gasteiger partial charge on any atom is 0.170 e. The van der Waals surface area contributed by atoms with Gasteiger partial charge in [0.2, 0.25) is 0 Å². The molecule has 0 fully saturated rings. The molecule has 15 heavy (non-hydrogen) atoms. The summed E-state index contributed by atoms with van der Waals surface area (Å²) in [5.74, 6) is 1.54. The third kappa shape index (κ3) is 1.77. The van der Waals surface area contributed by atoms with Gasteiger partial charge in [0.05, 0.1) is 13.2 Å². The van der Waals surface area contributed by atoms with E-state index in [1.54, 1.807) is 0 Å². The van der Waals surface area contributed by atoms with Gasteiger partial charge in [-0.3, -0.25) is 0 Å². The molecule has 0 aliphatic carbocycles. The molecule has 2 N–H and O–H groups in total. The second-order valence-corrected chi connectivity index (χ2v) is 3.66. The first-order valence-electron chi connectivity index (χ1n) is 5.04. The molecule has 0 spiro atoms. The minimum atomic E-state index is 0.511. The fourth-order valence-corrected chi connectivity index (χ4v) is 1.64. The molecule has 80 valence electrons. The highest BCUT2D eigenvalue weighted by Gasteiger charge is 2.17. The monoisotopic (exact) mass is 205 g/mol. The van der Waals surface area contributed by atoms with Crippen LogP contribution in [-0.4, -0.2) is 13.2 Å². The minimum Gasteiger partial charge on any atom is -0.489 e. The lowest BCUT2D eigenvalue weighted by molar-refractivity contribution is 0.296. The highest BCUT2D eigenvalue weighted by atomic mass is 16.5. The minimum absolute atomic E-state index is 0.511. The fourth-order valence-electron chi connectivity index (χ4n) is 1.64. The van der Waals surface area contributed by atoms with Crippen molar-refractivity contribution in [2.45, 2.75) is 13.3 Å². The Morgan fingerprint density at radius 1 is 1.27 bits per heavy atom. The first-order valence-corrected chi connectivity index (χ1v) is 5.04. The average Bonchev–Trinajstić information content (AvgIpc) is 2.43. The van der Waals surface area contributed by atoms with Gasteiger partial charge in [-0.1, -0.05) is 12.6 Å². The quantitative estimate of drug-likeness (QED) is 0.763. The molecule has 0 unspecified atom stereocenters. The number of ether oxygens (including phenoxy) is 2. The van der Waals surface area contributed by atoms with Crippen molar-refractivity contribution in [3.05, 3.63) is 29.8 Å². The molecule has 3 heteroatoms. The average molecular weight is 205 g/mol. The van der Waals surface area contributed by atoms with Crippen molar-refractivity contribution in [3.8, 4) is 11.5 Å². The first-order chi connectivity index (χ1) is 7.20. The number of fused-ring (bicyclic) bond motifs is 1. The molecule has 1 aromatic rings. The molecule has 0 saturated heterocycles. The summed E-state index contributed by atoms with van der Waals surface area (Å²) >= 11 is 0. The number of nitrogens with two attached hydrogens (primary N) is 1. The van der Waals surface area contributed by atoms with Gasteiger partial charge in [0.15, 0.2) is 11.5 Å². The number of hydrogen-bond donors (Lipinski definition) is 1. The van der Waals surface area contributed by atoms with Crippen LogP contribution in [0.25, 0.3) is 5.70 Å². The highest BCUT2D eigenvalue weighted by Crippen LogP contribution is 2.38. The van der Waals surface area contributed by atoms with Crippen molar-refractivity contribution in [1.29, 1.82) is 0 Å². The zero-order chi connectivity index (χ0) is 10.8.